The average Bonchev–Trinajstić information content (AvgIpc) is 2.69. The molecule has 0 aliphatic rings. The van der Waals surface area contributed by atoms with Crippen LogP contribution >= 0.6 is 7.60 Å². The monoisotopic (exact) mass is 385 g/mol. The minimum Gasteiger partial charge on any atom is -0.308 e. The lowest BCUT2D eigenvalue weighted by Crippen LogP contribution is -2.23. The molecule has 0 amide bonds. The highest BCUT2D eigenvalue weighted by Gasteiger charge is 2.43. The number of carbonyl (C=O) groups excluding carboxylic acids is 1. The summed E-state index contributed by atoms with van der Waals surface area (Å²) < 4.78 is 24.1. The van der Waals surface area contributed by atoms with Gasteiger partial charge in [0.15, 0.2) is 11.4 Å². The van der Waals surface area contributed by atoms with E-state index in [1.807, 2.05) is 36.4 Å². The van der Waals surface area contributed by atoms with Crippen molar-refractivity contribution in [3.05, 3.63) is 71.8 Å². The standard InChI is InChI=1S/C21H24NO4P/c1-3-25-27(24,26-4-2)21(16-22)19(17-11-7-5-8-12-17)15-20(23)18-13-9-6-10-14-18/h5-14,19,21H,3-4,15H2,1-2H3. The second kappa shape index (κ2) is 10.2. The van der Waals surface area contributed by atoms with Gasteiger partial charge in [-0.1, -0.05) is 60.7 Å². The molecule has 0 aromatic heterocycles. The fourth-order valence-electron chi connectivity index (χ4n) is 2.99. The molecule has 6 heteroatoms. The first kappa shape index (κ1) is 21.1. The molecule has 27 heavy (non-hydrogen) atoms. The number of nitrogens with zero attached hydrogens (tertiary/aromatic N) is 1. The summed E-state index contributed by atoms with van der Waals surface area (Å²) in [6.45, 7) is 3.71. The van der Waals surface area contributed by atoms with E-state index in [0.717, 1.165) is 5.56 Å². The number of rotatable bonds is 10. The van der Waals surface area contributed by atoms with E-state index in [1.165, 1.54) is 0 Å². The number of benzene rings is 2. The van der Waals surface area contributed by atoms with E-state index in [4.69, 9.17) is 9.05 Å². The highest BCUT2D eigenvalue weighted by molar-refractivity contribution is 7.55. The number of hydrogen-bond acceptors (Lipinski definition) is 5. The third-order valence-electron chi connectivity index (χ3n) is 4.20. The zero-order valence-electron chi connectivity index (χ0n) is 15.6. The Morgan fingerprint density at radius 1 is 1.00 bits per heavy atom. The van der Waals surface area contributed by atoms with Crippen molar-refractivity contribution in [2.45, 2.75) is 31.8 Å². The van der Waals surface area contributed by atoms with Crippen LogP contribution in [0, 0.1) is 11.3 Å². The maximum atomic E-state index is 13.3. The Labute approximate surface area is 160 Å². The Hall–Kier alpha value is -2.25. The smallest absolute Gasteiger partial charge is 0.308 e. The van der Waals surface area contributed by atoms with Crippen molar-refractivity contribution in [3.63, 3.8) is 0 Å². The quantitative estimate of drug-likeness (QED) is 0.415. The Morgan fingerprint density at radius 3 is 2.00 bits per heavy atom. The molecule has 5 nitrogen and oxygen atoms in total. The summed E-state index contributed by atoms with van der Waals surface area (Å²) in [4.78, 5) is 12.8. The first-order chi connectivity index (χ1) is 13.1. The summed E-state index contributed by atoms with van der Waals surface area (Å²) in [5.41, 5.74) is 0.234. The van der Waals surface area contributed by atoms with Crippen molar-refractivity contribution in [2.75, 3.05) is 13.2 Å². The Kier molecular flexibility index (Phi) is 7.94. The summed E-state index contributed by atoms with van der Waals surface area (Å²) in [5.74, 6) is -0.725. The van der Waals surface area contributed by atoms with Crippen LogP contribution in [0.2, 0.25) is 0 Å². The van der Waals surface area contributed by atoms with Gasteiger partial charge in [0.2, 0.25) is 0 Å². The lowest BCUT2D eigenvalue weighted by Gasteiger charge is -2.28. The first-order valence-corrected chi connectivity index (χ1v) is 10.6. The minimum absolute atomic E-state index is 0.0381. The van der Waals surface area contributed by atoms with Crippen LogP contribution in [-0.4, -0.2) is 24.7 Å². The van der Waals surface area contributed by atoms with Gasteiger partial charge in [-0.15, -0.1) is 0 Å². The zero-order valence-corrected chi connectivity index (χ0v) is 16.5. The van der Waals surface area contributed by atoms with Gasteiger partial charge in [0.1, 0.15) is 0 Å². The zero-order chi connectivity index (χ0) is 19.7. The molecule has 0 spiro atoms. The summed E-state index contributed by atoms with van der Waals surface area (Å²) in [7, 11) is -3.71. The molecule has 2 aromatic rings. The van der Waals surface area contributed by atoms with Gasteiger partial charge in [-0.05, 0) is 19.4 Å². The van der Waals surface area contributed by atoms with Gasteiger partial charge in [0.05, 0.1) is 19.3 Å². The van der Waals surface area contributed by atoms with Crippen LogP contribution in [0.4, 0.5) is 0 Å². The Bertz CT molecular complexity index is 807. The fraction of sp³-hybridized carbons (Fsp3) is 0.333. The predicted octanol–water partition coefficient (Wildman–Crippen LogP) is 5.20. The summed E-state index contributed by atoms with van der Waals surface area (Å²) in [5, 5.41) is 9.84. The maximum absolute atomic E-state index is 13.3. The molecule has 142 valence electrons. The van der Waals surface area contributed by atoms with E-state index in [1.54, 1.807) is 38.1 Å². The molecule has 0 saturated carbocycles. The molecule has 0 aliphatic carbocycles. The lowest BCUT2D eigenvalue weighted by atomic mass is 9.89. The van der Waals surface area contributed by atoms with Gasteiger partial charge < -0.3 is 9.05 Å². The highest BCUT2D eigenvalue weighted by Crippen LogP contribution is 2.57. The molecule has 0 aliphatic heterocycles. The normalized spacial score (nSPS) is 13.5. The SMILES string of the molecule is CCOP(=O)(OCC)C(C#N)C(CC(=O)c1ccccc1)c1ccccc1. The third kappa shape index (κ3) is 5.37. The van der Waals surface area contributed by atoms with Crippen molar-refractivity contribution in [1.29, 1.82) is 5.26 Å². The Balaban J connectivity index is 2.43. The summed E-state index contributed by atoms with van der Waals surface area (Å²) >= 11 is 0. The maximum Gasteiger partial charge on any atom is 0.348 e. The van der Waals surface area contributed by atoms with E-state index >= 15 is 0 Å². The molecule has 0 radical (unpaired) electrons. The summed E-state index contributed by atoms with van der Waals surface area (Å²) in [6, 6.07) is 20.2. The molecule has 2 aromatic carbocycles. The largest absolute Gasteiger partial charge is 0.348 e. The number of ketones is 1. The van der Waals surface area contributed by atoms with Gasteiger partial charge in [-0.25, -0.2) is 0 Å². The van der Waals surface area contributed by atoms with Crippen LogP contribution in [0.5, 0.6) is 0 Å². The minimum atomic E-state index is -3.71. The molecule has 0 bridgehead atoms. The number of Topliss-reactive ketones (excluding diaryl/α,β-unsaturated/α-hetero) is 1. The molecule has 0 fully saturated rings. The van der Waals surface area contributed by atoms with Crippen LogP contribution in [0.1, 0.15) is 42.1 Å². The van der Waals surface area contributed by atoms with Crippen molar-refractivity contribution >= 4 is 13.4 Å². The topological polar surface area (TPSA) is 76.4 Å². The van der Waals surface area contributed by atoms with Gasteiger partial charge in [-0.2, -0.15) is 5.26 Å². The van der Waals surface area contributed by atoms with Crippen LogP contribution in [0.15, 0.2) is 60.7 Å². The lowest BCUT2D eigenvalue weighted by molar-refractivity contribution is 0.0973. The van der Waals surface area contributed by atoms with Crippen LogP contribution < -0.4 is 0 Å². The number of carbonyl (C=O) groups is 1. The molecule has 2 unspecified atom stereocenters. The van der Waals surface area contributed by atoms with Crippen LogP contribution in [-0.2, 0) is 13.6 Å². The molecule has 2 atom stereocenters. The van der Waals surface area contributed by atoms with Crippen LogP contribution in [0.3, 0.4) is 0 Å². The molecule has 0 N–H and O–H groups in total. The van der Waals surface area contributed by atoms with E-state index in [-0.39, 0.29) is 25.4 Å². The predicted molar refractivity (Wildman–Crippen MR) is 105 cm³/mol. The van der Waals surface area contributed by atoms with Crippen LogP contribution in [0.25, 0.3) is 0 Å². The van der Waals surface area contributed by atoms with Crippen molar-refractivity contribution in [2.24, 2.45) is 0 Å². The molecule has 0 saturated heterocycles. The summed E-state index contributed by atoms with van der Waals surface area (Å²) in [6.07, 6.45) is 0.0381. The van der Waals surface area contributed by atoms with E-state index in [0.29, 0.717) is 5.56 Å². The van der Waals surface area contributed by atoms with Gasteiger partial charge in [-0.3, -0.25) is 9.36 Å². The number of nitriles is 1. The third-order valence-corrected chi connectivity index (χ3v) is 6.59. The average molecular weight is 385 g/mol. The fourth-order valence-corrected chi connectivity index (χ4v) is 4.97. The second-order valence-electron chi connectivity index (χ2n) is 5.96. The molecular weight excluding hydrogens is 361 g/mol. The van der Waals surface area contributed by atoms with E-state index in [2.05, 4.69) is 6.07 Å². The van der Waals surface area contributed by atoms with Gasteiger partial charge in [0, 0.05) is 17.9 Å². The van der Waals surface area contributed by atoms with Gasteiger partial charge in [0.25, 0.3) is 0 Å². The van der Waals surface area contributed by atoms with Gasteiger partial charge >= 0.3 is 7.60 Å². The van der Waals surface area contributed by atoms with E-state index < -0.39 is 19.2 Å². The van der Waals surface area contributed by atoms with E-state index in [9.17, 15) is 14.6 Å². The van der Waals surface area contributed by atoms with Crippen molar-refractivity contribution in [3.8, 4) is 6.07 Å². The first-order valence-electron chi connectivity index (χ1n) is 8.97. The Morgan fingerprint density at radius 2 is 1.52 bits per heavy atom. The molecule has 0 heterocycles. The highest BCUT2D eigenvalue weighted by atomic mass is 31.2. The molecule has 2 rings (SSSR count). The number of hydrogen-bond donors (Lipinski definition) is 0. The molecular formula is C21H24NO4P. The second-order valence-corrected chi connectivity index (χ2v) is 8.11. The van der Waals surface area contributed by atoms with Crippen molar-refractivity contribution < 1.29 is 18.4 Å². The van der Waals surface area contributed by atoms with Crippen molar-refractivity contribution in [1.82, 2.24) is 0 Å².